The van der Waals surface area contributed by atoms with Crippen LogP contribution < -0.4 is 5.32 Å². The summed E-state index contributed by atoms with van der Waals surface area (Å²) in [5.41, 5.74) is 2.74. The summed E-state index contributed by atoms with van der Waals surface area (Å²) < 4.78 is 0. The van der Waals surface area contributed by atoms with E-state index in [2.05, 4.69) is 46.7 Å². The van der Waals surface area contributed by atoms with Crippen molar-refractivity contribution in [3.8, 4) is 11.1 Å². The average Bonchev–Trinajstić information content (AvgIpc) is 2.84. The van der Waals surface area contributed by atoms with Gasteiger partial charge in [-0.1, -0.05) is 36.4 Å². The number of amides is 2. The largest absolute Gasteiger partial charge is 0.353 e. The Labute approximate surface area is 197 Å². The zero-order chi connectivity index (χ0) is 23.3. The molecule has 0 radical (unpaired) electrons. The SMILES string of the molecule is CC(C)NC(=O)[C@]1(Cc2cccc(-c3ccncc3)c2)CCCN(C(=O)[C@@H]2CC=CCC2)C1. The average molecular weight is 446 g/mol. The molecule has 0 unspecified atom stereocenters. The van der Waals surface area contributed by atoms with Gasteiger partial charge >= 0.3 is 0 Å². The van der Waals surface area contributed by atoms with Crippen LogP contribution in [0.2, 0.25) is 0 Å². The summed E-state index contributed by atoms with van der Waals surface area (Å²) in [5, 5.41) is 3.16. The standard InChI is InChI=1S/C28H35N3O2/c1-21(2)30-27(33)28(14-7-17-31(20-28)26(32)24-9-4-3-5-10-24)19-22-8-6-11-25(18-22)23-12-15-29-16-13-23/h3-4,6,8,11-13,15-16,18,21,24H,5,7,9-10,14,17,19-20H2,1-2H3,(H,30,33)/t24-,28+/m1/s1. The van der Waals surface area contributed by atoms with Gasteiger partial charge in [-0.25, -0.2) is 0 Å². The predicted molar refractivity (Wildman–Crippen MR) is 131 cm³/mol. The summed E-state index contributed by atoms with van der Waals surface area (Å²) in [4.78, 5) is 33.0. The van der Waals surface area contributed by atoms with Crippen LogP contribution in [0.4, 0.5) is 0 Å². The summed E-state index contributed by atoms with van der Waals surface area (Å²) in [6, 6.07) is 12.5. The number of piperidine rings is 1. The van der Waals surface area contributed by atoms with E-state index in [0.717, 1.165) is 55.3 Å². The molecular formula is C28H35N3O2. The van der Waals surface area contributed by atoms with E-state index in [4.69, 9.17) is 0 Å². The summed E-state index contributed by atoms with van der Waals surface area (Å²) in [6.07, 6.45) is 12.8. The monoisotopic (exact) mass is 445 g/mol. The molecule has 1 N–H and O–H groups in total. The number of allylic oxidation sites excluding steroid dienone is 2. The zero-order valence-corrected chi connectivity index (χ0v) is 19.8. The number of carbonyl (C=O) groups is 2. The van der Waals surface area contributed by atoms with Gasteiger partial charge in [-0.3, -0.25) is 14.6 Å². The van der Waals surface area contributed by atoms with Gasteiger partial charge in [-0.05, 0) is 81.2 Å². The Balaban J connectivity index is 1.60. The lowest BCUT2D eigenvalue weighted by Crippen LogP contribution is -2.56. The van der Waals surface area contributed by atoms with E-state index in [1.807, 2.05) is 30.9 Å². The Morgan fingerprint density at radius 2 is 1.97 bits per heavy atom. The molecular weight excluding hydrogens is 410 g/mol. The first-order valence-electron chi connectivity index (χ1n) is 12.2. The third kappa shape index (κ3) is 5.52. The smallest absolute Gasteiger partial charge is 0.228 e. The fraction of sp³-hybridized carbons (Fsp3) is 0.464. The van der Waals surface area contributed by atoms with Crippen LogP contribution in [0.25, 0.3) is 11.1 Å². The number of carbonyl (C=O) groups excluding carboxylic acids is 2. The van der Waals surface area contributed by atoms with Crippen molar-refractivity contribution in [3.63, 3.8) is 0 Å². The van der Waals surface area contributed by atoms with Crippen LogP contribution in [-0.4, -0.2) is 40.8 Å². The van der Waals surface area contributed by atoms with Crippen molar-refractivity contribution in [1.29, 1.82) is 0 Å². The number of nitrogens with one attached hydrogen (secondary N) is 1. The molecule has 2 amide bonds. The highest BCUT2D eigenvalue weighted by Crippen LogP contribution is 2.36. The van der Waals surface area contributed by atoms with E-state index in [9.17, 15) is 9.59 Å². The van der Waals surface area contributed by atoms with Gasteiger partial charge in [-0.15, -0.1) is 0 Å². The molecule has 0 bridgehead atoms. The highest BCUT2D eigenvalue weighted by Gasteiger charge is 2.44. The molecule has 1 aliphatic carbocycles. The maximum atomic E-state index is 13.6. The molecule has 0 spiro atoms. The second-order valence-electron chi connectivity index (χ2n) is 9.87. The van der Waals surface area contributed by atoms with Crippen molar-refractivity contribution in [2.24, 2.45) is 11.3 Å². The molecule has 1 aliphatic heterocycles. The van der Waals surface area contributed by atoms with Crippen molar-refractivity contribution < 1.29 is 9.59 Å². The number of hydrogen-bond acceptors (Lipinski definition) is 3. The van der Waals surface area contributed by atoms with Crippen LogP contribution >= 0.6 is 0 Å². The number of hydrogen-bond donors (Lipinski definition) is 1. The van der Waals surface area contributed by atoms with Crippen LogP contribution in [0.3, 0.4) is 0 Å². The van der Waals surface area contributed by atoms with Crippen LogP contribution in [-0.2, 0) is 16.0 Å². The number of nitrogens with zero attached hydrogens (tertiary/aromatic N) is 2. The van der Waals surface area contributed by atoms with E-state index in [1.165, 1.54) is 0 Å². The second kappa shape index (κ2) is 10.3. The molecule has 2 atom stereocenters. The minimum Gasteiger partial charge on any atom is -0.353 e. The lowest BCUT2D eigenvalue weighted by Gasteiger charge is -2.43. The van der Waals surface area contributed by atoms with Crippen molar-refractivity contribution >= 4 is 11.8 Å². The first-order chi connectivity index (χ1) is 16.0. The summed E-state index contributed by atoms with van der Waals surface area (Å²) in [7, 11) is 0. The van der Waals surface area contributed by atoms with E-state index in [0.29, 0.717) is 13.0 Å². The molecule has 5 nitrogen and oxygen atoms in total. The van der Waals surface area contributed by atoms with Gasteiger partial charge in [0.05, 0.1) is 5.41 Å². The molecule has 1 aromatic heterocycles. The summed E-state index contributed by atoms with van der Waals surface area (Å²) >= 11 is 0. The second-order valence-corrected chi connectivity index (χ2v) is 9.87. The number of aromatic nitrogens is 1. The lowest BCUT2D eigenvalue weighted by molar-refractivity contribution is -0.144. The van der Waals surface area contributed by atoms with Crippen LogP contribution in [0.1, 0.15) is 51.5 Å². The van der Waals surface area contributed by atoms with Crippen LogP contribution in [0.5, 0.6) is 0 Å². The minimum absolute atomic E-state index is 0.0500. The fourth-order valence-corrected chi connectivity index (χ4v) is 5.22. The van der Waals surface area contributed by atoms with Crippen LogP contribution in [0, 0.1) is 11.3 Å². The third-order valence-electron chi connectivity index (χ3n) is 6.89. The normalized spacial score (nSPS) is 22.9. The van der Waals surface area contributed by atoms with Crippen molar-refractivity contribution in [1.82, 2.24) is 15.2 Å². The maximum absolute atomic E-state index is 13.6. The summed E-state index contributed by atoms with van der Waals surface area (Å²) in [5.74, 6) is 0.327. The van der Waals surface area contributed by atoms with E-state index in [-0.39, 0.29) is 23.8 Å². The third-order valence-corrected chi connectivity index (χ3v) is 6.89. The Morgan fingerprint density at radius 1 is 1.15 bits per heavy atom. The van der Waals surface area contributed by atoms with Gasteiger partial charge < -0.3 is 10.2 Å². The van der Waals surface area contributed by atoms with E-state index in [1.54, 1.807) is 12.4 Å². The lowest BCUT2D eigenvalue weighted by atomic mass is 9.73. The first kappa shape index (κ1) is 23.2. The quantitative estimate of drug-likeness (QED) is 0.651. The fourth-order valence-electron chi connectivity index (χ4n) is 5.22. The van der Waals surface area contributed by atoms with E-state index < -0.39 is 5.41 Å². The Bertz CT molecular complexity index is 1000. The Kier molecular flexibility index (Phi) is 7.26. The number of likely N-dealkylation sites (tertiary alicyclic amines) is 1. The number of pyridine rings is 1. The molecule has 1 saturated heterocycles. The first-order valence-corrected chi connectivity index (χ1v) is 12.2. The zero-order valence-electron chi connectivity index (χ0n) is 19.8. The molecule has 33 heavy (non-hydrogen) atoms. The predicted octanol–water partition coefficient (Wildman–Crippen LogP) is 4.78. The van der Waals surface area contributed by atoms with Crippen molar-refractivity contribution in [3.05, 3.63) is 66.5 Å². The highest BCUT2D eigenvalue weighted by atomic mass is 16.2. The molecule has 4 rings (SSSR count). The van der Waals surface area contributed by atoms with Gasteiger partial charge in [0.1, 0.15) is 0 Å². The molecule has 174 valence electrons. The molecule has 1 fully saturated rings. The Morgan fingerprint density at radius 3 is 2.70 bits per heavy atom. The van der Waals surface area contributed by atoms with Gasteiger partial charge in [-0.2, -0.15) is 0 Å². The van der Waals surface area contributed by atoms with E-state index >= 15 is 0 Å². The molecule has 2 aromatic rings. The molecule has 5 heteroatoms. The topological polar surface area (TPSA) is 62.3 Å². The van der Waals surface area contributed by atoms with Crippen molar-refractivity contribution in [2.45, 2.75) is 58.4 Å². The Hall–Kier alpha value is -2.95. The van der Waals surface area contributed by atoms with Gasteiger partial charge in [0.2, 0.25) is 11.8 Å². The van der Waals surface area contributed by atoms with Crippen molar-refractivity contribution in [2.75, 3.05) is 13.1 Å². The highest BCUT2D eigenvalue weighted by molar-refractivity contribution is 5.86. The molecule has 2 heterocycles. The number of rotatable bonds is 6. The van der Waals surface area contributed by atoms with Gasteiger partial charge in [0, 0.05) is 37.4 Å². The molecule has 0 saturated carbocycles. The maximum Gasteiger partial charge on any atom is 0.228 e. The number of benzene rings is 1. The summed E-state index contributed by atoms with van der Waals surface area (Å²) in [6.45, 7) is 5.22. The molecule has 2 aliphatic rings. The molecule has 1 aromatic carbocycles. The van der Waals surface area contributed by atoms with Gasteiger partial charge in [0.25, 0.3) is 0 Å². The van der Waals surface area contributed by atoms with Gasteiger partial charge in [0.15, 0.2) is 0 Å². The minimum atomic E-state index is -0.612. The van der Waals surface area contributed by atoms with Crippen LogP contribution in [0.15, 0.2) is 60.9 Å².